The summed E-state index contributed by atoms with van der Waals surface area (Å²) >= 11 is 1.67. The molecule has 1 fully saturated rings. The number of carbonyl (C=O) groups is 1. The lowest BCUT2D eigenvalue weighted by atomic mass is 9.90. The summed E-state index contributed by atoms with van der Waals surface area (Å²) in [4.78, 5) is 21.4. The summed E-state index contributed by atoms with van der Waals surface area (Å²) in [6.45, 7) is 3.12. The number of fused-ring (bicyclic) bond motifs is 1. The summed E-state index contributed by atoms with van der Waals surface area (Å²) in [6.07, 6.45) is 3.49. The van der Waals surface area contributed by atoms with Crippen LogP contribution in [0.3, 0.4) is 0 Å². The van der Waals surface area contributed by atoms with Crippen LogP contribution in [0.25, 0.3) is 10.2 Å². The van der Waals surface area contributed by atoms with Gasteiger partial charge in [-0.3, -0.25) is 9.69 Å². The maximum absolute atomic E-state index is 12.7. The zero-order chi connectivity index (χ0) is 19.3. The number of rotatable bonds is 6. The molecule has 1 saturated heterocycles. The highest BCUT2D eigenvalue weighted by Crippen LogP contribution is 2.23. The van der Waals surface area contributed by atoms with Crippen LogP contribution in [0.15, 0.2) is 54.6 Å². The Bertz CT molecular complexity index is 883. The zero-order valence-corrected chi connectivity index (χ0v) is 17.2. The van der Waals surface area contributed by atoms with Crippen LogP contribution >= 0.6 is 11.3 Å². The summed E-state index contributed by atoms with van der Waals surface area (Å²) in [6, 6.07) is 18.9. The largest absolute Gasteiger partial charge is 0.338 e. The Morgan fingerprint density at radius 2 is 1.82 bits per heavy atom. The van der Waals surface area contributed by atoms with Gasteiger partial charge in [-0.2, -0.15) is 0 Å². The summed E-state index contributed by atoms with van der Waals surface area (Å²) in [5.74, 6) is 0.912. The monoisotopic (exact) mass is 393 g/mol. The van der Waals surface area contributed by atoms with Gasteiger partial charge < -0.3 is 4.90 Å². The molecule has 1 aromatic heterocycles. The van der Waals surface area contributed by atoms with E-state index in [4.69, 9.17) is 0 Å². The molecule has 4 nitrogen and oxygen atoms in total. The summed E-state index contributed by atoms with van der Waals surface area (Å²) in [5.41, 5.74) is 2.44. The molecule has 0 saturated carbocycles. The molecule has 2 heterocycles. The molecular formula is C23H27N3OS. The smallest absolute Gasteiger partial charge is 0.236 e. The van der Waals surface area contributed by atoms with Crippen molar-refractivity contribution in [2.75, 3.05) is 26.7 Å². The van der Waals surface area contributed by atoms with Crippen LogP contribution in [0.5, 0.6) is 0 Å². The Kier molecular flexibility index (Phi) is 6.03. The van der Waals surface area contributed by atoms with Crippen LogP contribution in [0, 0.1) is 5.92 Å². The van der Waals surface area contributed by atoms with E-state index in [-0.39, 0.29) is 5.91 Å². The fraction of sp³-hybridized carbons (Fsp3) is 0.391. The minimum absolute atomic E-state index is 0.181. The first-order valence-corrected chi connectivity index (χ1v) is 10.8. The first kappa shape index (κ1) is 19.1. The normalized spacial score (nSPS) is 15.8. The lowest BCUT2D eigenvalue weighted by Gasteiger charge is -2.32. The number of aromatic nitrogens is 1. The number of para-hydroxylation sites is 1. The number of hydrogen-bond acceptors (Lipinski definition) is 4. The molecule has 0 radical (unpaired) electrons. The molecule has 0 bridgehead atoms. The molecule has 0 spiro atoms. The molecule has 1 amide bonds. The summed E-state index contributed by atoms with van der Waals surface area (Å²) < 4.78 is 1.18. The predicted molar refractivity (Wildman–Crippen MR) is 115 cm³/mol. The topological polar surface area (TPSA) is 36.4 Å². The second-order valence-electron chi connectivity index (χ2n) is 7.73. The van der Waals surface area contributed by atoms with Gasteiger partial charge in [0.25, 0.3) is 0 Å². The quantitative estimate of drug-likeness (QED) is 0.629. The van der Waals surface area contributed by atoms with Gasteiger partial charge in [-0.05, 0) is 56.0 Å². The van der Waals surface area contributed by atoms with Gasteiger partial charge in [0.15, 0.2) is 0 Å². The zero-order valence-electron chi connectivity index (χ0n) is 16.4. The van der Waals surface area contributed by atoms with Crippen molar-refractivity contribution in [3.05, 3.63) is 65.2 Å². The maximum atomic E-state index is 12.7. The lowest BCUT2D eigenvalue weighted by molar-refractivity contribution is -0.132. The number of likely N-dealkylation sites (N-methyl/N-ethyl adjacent to an activating group) is 1. The number of carbonyl (C=O) groups excluding carboxylic acids is 1. The molecule has 1 aliphatic heterocycles. The van der Waals surface area contributed by atoms with E-state index >= 15 is 0 Å². The van der Waals surface area contributed by atoms with Crippen molar-refractivity contribution in [2.24, 2.45) is 5.92 Å². The van der Waals surface area contributed by atoms with E-state index in [0.717, 1.165) is 36.0 Å². The van der Waals surface area contributed by atoms with Crippen molar-refractivity contribution in [1.82, 2.24) is 14.8 Å². The molecular weight excluding hydrogens is 366 g/mol. The van der Waals surface area contributed by atoms with Crippen molar-refractivity contribution in [1.29, 1.82) is 0 Å². The number of likely N-dealkylation sites (tertiary alicyclic amines) is 1. The van der Waals surface area contributed by atoms with E-state index in [1.54, 1.807) is 11.3 Å². The first-order chi connectivity index (χ1) is 13.7. The second kappa shape index (κ2) is 8.84. The second-order valence-corrected chi connectivity index (χ2v) is 8.85. The molecule has 146 valence electrons. The van der Waals surface area contributed by atoms with Crippen LogP contribution in [0.4, 0.5) is 0 Å². The van der Waals surface area contributed by atoms with Crippen molar-refractivity contribution >= 4 is 27.5 Å². The summed E-state index contributed by atoms with van der Waals surface area (Å²) in [5, 5.41) is 0.999. The third kappa shape index (κ3) is 4.78. The number of benzene rings is 2. The average Bonchev–Trinajstić information content (AvgIpc) is 3.12. The Morgan fingerprint density at radius 1 is 1.11 bits per heavy atom. The fourth-order valence-electron chi connectivity index (χ4n) is 3.89. The van der Waals surface area contributed by atoms with E-state index in [9.17, 15) is 4.79 Å². The molecule has 28 heavy (non-hydrogen) atoms. The Balaban J connectivity index is 1.24. The third-order valence-corrected chi connectivity index (χ3v) is 6.59. The van der Waals surface area contributed by atoms with Crippen molar-refractivity contribution < 1.29 is 4.79 Å². The Morgan fingerprint density at radius 3 is 2.57 bits per heavy atom. The van der Waals surface area contributed by atoms with E-state index in [1.165, 1.54) is 23.1 Å². The third-order valence-electron chi connectivity index (χ3n) is 5.57. The van der Waals surface area contributed by atoms with Crippen molar-refractivity contribution in [2.45, 2.75) is 25.8 Å². The van der Waals surface area contributed by atoms with E-state index < -0.39 is 0 Å². The van der Waals surface area contributed by atoms with Gasteiger partial charge in [-0.25, -0.2) is 4.98 Å². The lowest BCUT2D eigenvalue weighted by Crippen LogP contribution is -2.42. The van der Waals surface area contributed by atoms with E-state index in [1.807, 2.05) is 30.1 Å². The molecule has 0 atom stereocenters. The van der Waals surface area contributed by atoms with Crippen LogP contribution in [-0.2, 0) is 17.8 Å². The van der Waals surface area contributed by atoms with Gasteiger partial charge in [0, 0.05) is 7.05 Å². The fourth-order valence-corrected chi connectivity index (χ4v) is 4.91. The molecule has 0 N–H and O–H groups in total. The van der Waals surface area contributed by atoms with E-state index in [2.05, 4.69) is 46.3 Å². The number of thiazole rings is 1. The van der Waals surface area contributed by atoms with Crippen LogP contribution in [-0.4, -0.2) is 47.4 Å². The van der Waals surface area contributed by atoms with Crippen molar-refractivity contribution in [3.63, 3.8) is 0 Å². The summed E-state index contributed by atoms with van der Waals surface area (Å²) in [7, 11) is 1.89. The molecule has 2 aromatic carbocycles. The molecule has 0 unspecified atom stereocenters. The number of amides is 1. The Hall–Kier alpha value is -2.24. The molecule has 4 rings (SSSR count). The molecule has 0 aliphatic carbocycles. The molecule has 1 aliphatic rings. The maximum Gasteiger partial charge on any atom is 0.236 e. The van der Waals surface area contributed by atoms with Crippen LogP contribution in [0.1, 0.15) is 23.4 Å². The highest BCUT2D eigenvalue weighted by atomic mass is 32.1. The SMILES string of the molecule is CN(Cc1nc2ccccc2s1)C(=O)CN1CCC(Cc2ccccc2)CC1. The highest BCUT2D eigenvalue weighted by Gasteiger charge is 2.22. The van der Waals surface area contributed by atoms with Gasteiger partial charge in [-0.15, -0.1) is 11.3 Å². The molecule has 3 aromatic rings. The van der Waals surface area contributed by atoms with Crippen molar-refractivity contribution in [3.8, 4) is 0 Å². The average molecular weight is 394 g/mol. The number of nitrogens with zero attached hydrogens (tertiary/aromatic N) is 3. The van der Waals surface area contributed by atoms with Gasteiger partial charge in [-0.1, -0.05) is 42.5 Å². The standard InChI is InChI=1S/C23H27N3OS/c1-25(16-22-24-20-9-5-6-10-21(20)28-22)23(27)17-26-13-11-19(12-14-26)15-18-7-3-2-4-8-18/h2-10,19H,11-17H2,1H3. The minimum Gasteiger partial charge on any atom is -0.338 e. The minimum atomic E-state index is 0.181. The van der Waals surface area contributed by atoms with Crippen LogP contribution < -0.4 is 0 Å². The van der Waals surface area contributed by atoms with Gasteiger partial charge in [0.05, 0.1) is 23.3 Å². The van der Waals surface area contributed by atoms with Crippen LogP contribution in [0.2, 0.25) is 0 Å². The van der Waals surface area contributed by atoms with Gasteiger partial charge >= 0.3 is 0 Å². The highest BCUT2D eigenvalue weighted by molar-refractivity contribution is 7.18. The Labute approximate surface area is 170 Å². The predicted octanol–water partition coefficient (Wildman–Crippen LogP) is 4.21. The first-order valence-electron chi connectivity index (χ1n) is 10.0. The van der Waals surface area contributed by atoms with Gasteiger partial charge in [0.1, 0.15) is 5.01 Å². The number of piperidine rings is 1. The number of hydrogen-bond donors (Lipinski definition) is 0. The van der Waals surface area contributed by atoms with E-state index in [0.29, 0.717) is 13.1 Å². The molecule has 5 heteroatoms. The van der Waals surface area contributed by atoms with Gasteiger partial charge in [0.2, 0.25) is 5.91 Å².